The van der Waals surface area contributed by atoms with E-state index in [4.69, 9.17) is 9.47 Å². The lowest BCUT2D eigenvalue weighted by atomic mass is 10.1. The number of rotatable bonds is 6. The first-order valence-electron chi connectivity index (χ1n) is 9.11. The molecule has 1 fully saturated rings. The van der Waals surface area contributed by atoms with Crippen LogP contribution in [0.25, 0.3) is 0 Å². The fraction of sp³-hybridized carbons (Fsp3) is 0.400. The van der Waals surface area contributed by atoms with Crippen molar-refractivity contribution in [3.05, 3.63) is 53.9 Å². The molecule has 6 heteroatoms. The number of benzene rings is 1. The van der Waals surface area contributed by atoms with Gasteiger partial charge in [0.1, 0.15) is 6.04 Å². The third kappa shape index (κ3) is 3.65. The largest absolute Gasteiger partial charge is 0.454 e. The first-order valence-corrected chi connectivity index (χ1v) is 9.11. The predicted molar refractivity (Wildman–Crippen MR) is 97.1 cm³/mol. The number of carbonyl (C=O) groups is 1. The van der Waals surface area contributed by atoms with Crippen molar-refractivity contribution in [1.29, 1.82) is 0 Å². The highest BCUT2D eigenvalue weighted by molar-refractivity contribution is 5.83. The standard InChI is InChI=1S/C20H23N3O3/c24-20(19(23-10-1-2-11-23)16-4-3-8-21-13-16)22-9-7-15-5-6-17-18(12-15)26-14-25-17/h3-6,8,12-13,19H,1-2,7,9-11,14H2,(H,22,24)/t19-/m1/s1. The summed E-state index contributed by atoms with van der Waals surface area (Å²) >= 11 is 0. The Balaban J connectivity index is 1.38. The van der Waals surface area contributed by atoms with Gasteiger partial charge in [-0.25, -0.2) is 0 Å². The summed E-state index contributed by atoms with van der Waals surface area (Å²) in [5, 5.41) is 3.09. The van der Waals surface area contributed by atoms with E-state index in [9.17, 15) is 4.79 Å². The average molecular weight is 353 g/mol. The average Bonchev–Trinajstić information content (AvgIpc) is 3.34. The third-order valence-electron chi connectivity index (χ3n) is 4.90. The number of hydrogen-bond acceptors (Lipinski definition) is 5. The topological polar surface area (TPSA) is 63.7 Å². The van der Waals surface area contributed by atoms with Crippen LogP contribution in [0.4, 0.5) is 0 Å². The molecular weight excluding hydrogens is 330 g/mol. The molecule has 2 aliphatic heterocycles. The summed E-state index contributed by atoms with van der Waals surface area (Å²) in [6, 6.07) is 9.52. The van der Waals surface area contributed by atoms with Crippen molar-refractivity contribution in [1.82, 2.24) is 15.2 Å². The summed E-state index contributed by atoms with van der Waals surface area (Å²) in [6.07, 6.45) is 6.56. The van der Waals surface area contributed by atoms with E-state index in [1.807, 2.05) is 30.3 Å². The van der Waals surface area contributed by atoms with Crippen LogP contribution in [-0.2, 0) is 11.2 Å². The van der Waals surface area contributed by atoms with Crippen molar-refractivity contribution in [3.8, 4) is 11.5 Å². The summed E-state index contributed by atoms with van der Waals surface area (Å²) in [4.78, 5) is 19.3. The monoisotopic (exact) mass is 353 g/mol. The Hall–Kier alpha value is -2.60. The Kier molecular flexibility index (Phi) is 5.02. The quantitative estimate of drug-likeness (QED) is 0.863. The molecule has 0 bridgehead atoms. The van der Waals surface area contributed by atoms with Crippen molar-refractivity contribution in [2.24, 2.45) is 0 Å². The van der Waals surface area contributed by atoms with E-state index in [0.29, 0.717) is 6.54 Å². The van der Waals surface area contributed by atoms with Gasteiger partial charge in [0.2, 0.25) is 12.7 Å². The Bertz CT molecular complexity index is 760. The first kappa shape index (κ1) is 16.8. The zero-order chi connectivity index (χ0) is 17.8. The lowest BCUT2D eigenvalue weighted by molar-refractivity contribution is -0.126. The Morgan fingerprint density at radius 2 is 2.04 bits per heavy atom. The van der Waals surface area contributed by atoms with Gasteiger partial charge in [0.15, 0.2) is 11.5 Å². The molecule has 3 heterocycles. The first-order chi connectivity index (χ1) is 12.8. The van der Waals surface area contributed by atoms with Crippen LogP contribution in [0.3, 0.4) is 0 Å². The molecule has 1 aromatic carbocycles. The van der Waals surface area contributed by atoms with Crippen molar-refractivity contribution in [2.45, 2.75) is 25.3 Å². The fourth-order valence-corrected chi connectivity index (χ4v) is 3.59. The van der Waals surface area contributed by atoms with E-state index in [-0.39, 0.29) is 18.7 Å². The molecule has 1 N–H and O–H groups in total. The zero-order valence-corrected chi connectivity index (χ0v) is 14.7. The second-order valence-corrected chi connectivity index (χ2v) is 6.66. The van der Waals surface area contributed by atoms with Gasteiger partial charge < -0.3 is 14.8 Å². The minimum Gasteiger partial charge on any atom is -0.454 e. The zero-order valence-electron chi connectivity index (χ0n) is 14.7. The van der Waals surface area contributed by atoms with Gasteiger partial charge in [-0.2, -0.15) is 0 Å². The minimum absolute atomic E-state index is 0.0423. The summed E-state index contributed by atoms with van der Waals surface area (Å²) in [7, 11) is 0. The molecule has 136 valence electrons. The van der Waals surface area contributed by atoms with Crippen LogP contribution in [0.1, 0.15) is 30.0 Å². The molecule has 0 spiro atoms. The van der Waals surface area contributed by atoms with Crippen molar-refractivity contribution >= 4 is 5.91 Å². The number of nitrogens with one attached hydrogen (secondary N) is 1. The number of pyridine rings is 1. The van der Waals surface area contributed by atoms with Crippen LogP contribution in [-0.4, -0.2) is 42.2 Å². The van der Waals surface area contributed by atoms with Crippen LogP contribution in [0.15, 0.2) is 42.7 Å². The highest BCUT2D eigenvalue weighted by atomic mass is 16.7. The van der Waals surface area contributed by atoms with E-state index in [1.165, 1.54) is 0 Å². The molecule has 0 unspecified atom stereocenters. The maximum Gasteiger partial charge on any atom is 0.242 e. The van der Waals surface area contributed by atoms with Gasteiger partial charge in [0, 0.05) is 18.9 Å². The van der Waals surface area contributed by atoms with Gasteiger partial charge in [-0.1, -0.05) is 12.1 Å². The molecule has 0 aliphatic carbocycles. The lowest BCUT2D eigenvalue weighted by Crippen LogP contribution is -2.40. The maximum atomic E-state index is 12.9. The summed E-state index contributed by atoms with van der Waals surface area (Å²) < 4.78 is 10.7. The normalized spacial score (nSPS) is 17.2. The van der Waals surface area contributed by atoms with Crippen molar-refractivity contribution < 1.29 is 14.3 Å². The van der Waals surface area contributed by atoms with Crippen molar-refractivity contribution in [3.63, 3.8) is 0 Å². The molecule has 2 aromatic rings. The number of aromatic nitrogens is 1. The van der Waals surface area contributed by atoms with E-state index in [2.05, 4.69) is 15.2 Å². The molecule has 2 aliphatic rings. The molecule has 1 atom stereocenters. The van der Waals surface area contributed by atoms with Gasteiger partial charge >= 0.3 is 0 Å². The second kappa shape index (κ2) is 7.74. The van der Waals surface area contributed by atoms with E-state index in [0.717, 1.165) is 55.0 Å². The van der Waals surface area contributed by atoms with Gasteiger partial charge in [0.05, 0.1) is 0 Å². The van der Waals surface area contributed by atoms with E-state index < -0.39 is 0 Å². The Morgan fingerprint density at radius 3 is 2.85 bits per heavy atom. The SMILES string of the molecule is O=C(NCCc1ccc2c(c1)OCO2)[C@@H](c1cccnc1)N1CCCC1. The highest BCUT2D eigenvalue weighted by Gasteiger charge is 2.29. The number of amides is 1. The van der Waals surface area contributed by atoms with Gasteiger partial charge in [-0.15, -0.1) is 0 Å². The predicted octanol–water partition coefficient (Wildman–Crippen LogP) is 2.31. The van der Waals surface area contributed by atoms with Crippen molar-refractivity contribution in [2.75, 3.05) is 26.4 Å². The highest BCUT2D eigenvalue weighted by Crippen LogP contribution is 2.32. The number of carbonyl (C=O) groups excluding carboxylic acids is 1. The smallest absolute Gasteiger partial charge is 0.242 e. The number of hydrogen-bond donors (Lipinski definition) is 1. The molecule has 0 radical (unpaired) electrons. The van der Waals surface area contributed by atoms with E-state index >= 15 is 0 Å². The summed E-state index contributed by atoms with van der Waals surface area (Å²) in [6.45, 7) is 2.77. The van der Waals surface area contributed by atoms with Crippen LogP contribution in [0.5, 0.6) is 11.5 Å². The number of likely N-dealkylation sites (tertiary alicyclic amines) is 1. The third-order valence-corrected chi connectivity index (χ3v) is 4.90. The van der Waals surface area contributed by atoms with Gasteiger partial charge in [0.25, 0.3) is 0 Å². The van der Waals surface area contributed by atoms with Crippen LogP contribution >= 0.6 is 0 Å². The Morgan fingerprint density at radius 1 is 1.19 bits per heavy atom. The van der Waals surface area contributed by atoms with Gasteiger partial charge in [-0.05, 0) is 61.7 Å². The number of fused-ring (bicyclic) bond motifs is 1. The maximum absolute atomic E-state index is 12.9. The molecule has 4 rings (SSSR count). The van der Waals surface area contributed by atoms with Crippen LogP contribution in [0, 0.1) is 0 Å². The fourth-order valence-electron chi connectivity index (χ4n) is 3.59. The summed E-state index contributed by atoms with van der Waals surface area (Å²) in [5.74, 6) is 1.60. The Labute approximate surface area is 153 Å². The number of nitrogens with zero attached hydrogens (tertiary/aromatic N) is 2. The summed E-state index contributed by atoms with van der Waals surface area (Å²) in [5.41, 5.74) is 2.07. The molecule has 1 amide bonds. The molecular formula is C20H23N3O3. The van der Waals surface area contributed by atoms with Gasteiger partial charge in [-0.3, -0.25) is 14.7 Å². The molecule has 1 saturated heterocycles. The minimum atomic E-state index is -0.261. The van der Waals surface area contributed by atoms with Crippen LogP contribution < -0.4 is 14.8 Å². The lowest BCUT2D eigenvalue weighted by Gasteiger charge is -2.26. The van der Waals surface area contributed by atoms with Crippen LogP contribution in [0.2, 0.25) is 0 Å². The second-order valence-electron chi connectivity index (χ2n) is 6.66. The molecule has 0 saturated carbocycles. The number of ether oxygens (including phenoxy) is 2. The molecule has 6 nitrogen and oxygen atoms in total. The molecule has 1 aromatic heterocycles. The molecule has 26 heavy (non-hydrogen) atoms. The van der Waals surface area contributed by atoms with E-state index in [1.54, 1.807) is 12.4 Å².